The van der Waals surface area contributed by atoms with Crippen LogP contribution in [0.1, 0.15) is 47.6 Å². The van der Waals surface area contributed by atoms with Crippen molar-refractivity contribution in [1.82, 2.24) is 25.1 Å². The van der Waals surface area contributed by atoms with Crippen molar-refractivity contribution >= 4 is 11.8 Å². The van der Waals surface area contributed by atoms with E-state index in [4.69, 9.17) is 0 Å². The zero-order valence-corrected chi connectivity index (χ0v) is 18.4. The molecule has 2 aliphatic rings. The van der Waals surface area contributed by atoms with Crippen LogP contribution in [0, 0.1) is 0 Å². The number of amides is 2. The fourth-order valence-electron chi connectivity index (χ4n) is 4.63. The van der Waals surface area contributed by atoms with E-state index in [0.29, 0.717) is 19.1 Å². The highest BCUT2D eigenvalue weighted by Crippen LogP contribution is 2.32. The molecule has 8 nitrogen and oxygen atoms in total. The largest absolute Gasteiger partial charge is 0.416 e. The van der Waals surface area contributed by atoms with Crippen LogP contribution in [0.25, 0.3) is 0 Å². The highest BCUT2D eigenvalue weighted by molar-refractivity contribution is 5.96. The third-order valence-corrected chi connectivity index (χ3v) is 6.45. The Kier molecular flexibility index (Phi) is 7.01. The second kappa shape index (κ2) is 9.96. The minimum Gasteiger partial charge on any atom is -0.349 e. The molecule has 1 aromatic heterocycles. The number of benzene rings is 1. The number of carbonyl (C=O) groups is 2. The Balaban J connectivity index is 1.17. The zero-order chi connectivity index (χ0) is 24.3. The molecule has 34 heavy (non-hydrogen) atoms. The molecule has 0 radical (unpaired) electrons. The lowest BCUT2D eigenvalue weighted by Gasteiger charge is -2.46. The molecule has 0 unspecified atom stereocenters. The number of carbonyl (C=O) groups excluding carboxylic acids is 2. The van der Waals surface area contributed by atoms with Crippen LogP contribution in [0.5, 0.6) is 0 Å². The number of alkyl halides is 3. The molecule has 1 aromatic carbocycles. The van der Waals surface area contributed by atoms with Crippen LogP contribution in [-0.2, 0) is 11.0 Å². The number of likely N-dealkylation sites (tertiary alicyclic amines) is 1. The number of halogens is 3. The molecule has 1 saturated heterocycles. The lowest BCUT2D eigenvalue weighted by Crippen LogP contribution is -2.63. The van der Waals surface area contributed by atoms with Crippen molar-refractivity contribution in [2.45, 2.75) is 50.0 Å². The average molecular weight is 477 g/mol. The molecule has 1 saturated carbocycles. The number of aromatic nitrogens is 2. The minimum atomic E-state index is -4.54. The molecule has 182 valence electrons. The van der Waals surface area contributed by atoms with Crippen molar-refractivity contribution in [2.75, 3.05) is 19.6 Å². The van der Waals surface area contributed by atoms with E-state index < -0.39 is 17.6 Å². The first-order valence-corrected chi connectivity index (χ1v) is 11.2. The van der Waals surface area contributed by atoms with Crippen molar-refractivity contribution in [3.63, 3.8) is 0 Å². The predicted octanol–water partition coefficient (Wildman–Crippen LogP) is 1.98. The predicted molar refractivity (Wildman–Crippen MR) is 117 cm³/mol. The topological polar surface area (TPSA) is 96.3 Å². The summed E-state index contributed by atoms with van der Waals surface area (Å²) < 4.78 is 40.1. The Morgan fingerprint density at radius 1 is 1.06 bits per heavy atom. The lowest BCUT2D eigenvalue weighted by molar-refractivity contribution is -0.137. The van der Waals surface area contributed by atoms with Gasteiger partial charge in [-0.3, -0.25) is 19.1 Å². The van der Waals surface area contributed by atoms with Gasteiger partial charge in [-0.2, -0.15) is 13.2 Å². The minimum absolute atomic E-state index is 0.0309. The van der Waals surface area contributed by atoms with Crippen molar-refractivity contribution < 1.29 is 22.8 Å². The SMILES string of the molecule is O=C(CNC(=O)c1cccc(C(F)(F)F)c1)NC1CN(C2CCC(n3cccnc3=O)CC2)C1. The van der Waals surface area contributed by atoms with E-state index in [1.807, 2.05) is 0 Å². The summed E-state index contributed by atoms with van der Waals surface area (Å²) in [6.45, 7) is 1.10. The van der Waals surface area contributed by atoms with Crippen LogP contribution >= 0.6 is 0 Å². The number of hydrogen-bond acceptors (Lipinski definition) is 5. The quantitative estimate of drug-likeness (QED) is 0.664. The summed E-state index contributed by atoms with van der Waals surface area (Å²) in [5.74, 6) is -1.12. The Morgan fingerprint density at radius 2 is 1.76 bits per heavy atom. The van der Waals surface area contributed by atoms with Gasteiger partial charge in [-0.1, -0.05) is 6.07 Å². The molecule has 2 amide bonds. The average Bonchev–Trinajstić information content (AvgIpc) is 2.79. The molecule has 2 fully saturated rings. The van der Waals surface area contributed by atoms with Crippen molar-refractivity contribution in [1.29, 1.82) is 0 Å². The molecule has 0 bridgehead atoms. The first-order chi connectivity index (χ1) is 16.2. The van der Waals surface area contributed by atoms with Crippen LogP contribution < -0.4 is 16.3 Å². The van der Waals surface area contributed by atoms with Crippen molar-refractivity contribution in [3.8, 4) is 0 Å². The summed E-state index contributed by atoms with van der Waals surface area (Å²) in [6, 6.07) is 6.37. The van der Waals surface area contributed by atoms with Gasteiger partial charge in [-0.25, -0.2) is 9.78 Å². The maximum Gasteiger partial charge on any atom is 0.416 e. The Morgan fingerprint density at radius 3 is 2.44 bits per heavy atom. The second-order valence-electron chi connectivity index (χ2n) is 8.75. The molecule has 0 spiro atoms. The van der Waals surface area contributed by atoms with Gasteiger partial charge in [-0.05, 0) is 49.9 Å². The zero-order valence-electron chi connectivity index (χ0n) is 18.4. The third-order valence-electron chi connectivity index (χ3n) is 6.45. The van der Waals surface area contributed by atoms with E-state index in [1.54, 1.807) is 16.8 Å². The van der Waals surface area contributed by atoms with Crippen molar-refractivity contribution in [2.24, 2.45) is 0 Å². The highest BCUT2D eigenvalue weighted by atomic mass is 19.4. The number of hydrogen-bond donors (Lipinski definition) is 2. The first kappa shape index (κ1) is 23.9. The first-order valence-electron chi connectivity index (χ1n) is 11.2. The fourth-order valence-corrected chi connectivity index (χ4v) is 4.63. The van der Waals surface area contributed by atoms with Crippen LogP contribution in [0.4, 0.5) is 13.2 Å². The second-order valence-corrected chi connectivity index (χ2v) is 8.75. The van der Waals surface area contributed by atoms with Gasteiger partial charge in [-0.15, -0.1) is 0 Å². The number of nitrogens with one attached hydrogen (secondary N) is 2. The Bertz CT molecular complexity index is 1090. The monoisotopic (exact) mass is 477 g/mol. The normalized spacial score (nSPS) is 21.5. The maximum atomic E-state index is 12.8. The van der Waals surface area contributed by atoms with Gasteiger partial charge >= 0.3 is 11.9 Å². The van der Waals surface area contributed by atoms with Crippen molar-refractivity contribution in [3.05, 3.63) is 64.3 Å². The van der Waals surface area contributed by atoms with Crippen LogP contribution in [0.3, 0.4) is 0 Å². The van der Waals surface area contributed by atoms with Crippen LogP contribution in [0.2, 0.25) is 0 Å². The number of nitrogens with zero attached hydrogens (tertiary/aromatic N) is 3. The van der Waals surface area contributed by atoms with Gasteiger partial charge < -0.3 is 10.6 Å². The van der Waals surface area contributed by atoms with Gasteiger partial charge in [0.15, 0.2) is 0 Å². The summed E-state index contributed by atoms with van der Waals surface area (Å²) in [5.41, 5.74) is -1.29. The summed E-state index contributed by atoms with van der Waals surface area (Å²) in [7, 11) is 0. The van der Waals surface area contributed by atoms with Gasteiger partial charge in [0.2, 0.25) is 5.91 Å². The lowest BCUT2D eigenvalue weighted by atomic mass is 9.88. The smallest absolute Gasteiger partial charge is 0.349 e. The van der Waals surface area contributed by atoms with Crippen LogP contribution in [0.15, 0.2) is 47.5 Å². The molecule has 4 rings (SSSR count). The standard InChI is InChI=1S/C23H26F3N5O3/c24-23(25,26)16-4-1-3-15(11-16)21(33)28-12-20(32)29-17-13-30(14-17)18-5-7-19(8-6-18)31-10-2-9-27-22(31)34/h1-4,9-11,17-19H,5-8,12-14H2,(H,28,33)(H,29,32). The Labute approximate surface area is 194 Å². The molecule has 1 aliphatic heterocycles. The highest BCUT2D eigenvalue weighted by Gasteiger charge is 2.35. The number of rotatable bonds is 6. The summed E-state index contributed by atoms with van der Waals surface area (Å²) in [5, 5.41) is 5.21. The third kappa shape index (κ3) is 5.64. The fraction of sp³-hybridized carbons (Fsp3) is 0.478. The molecular formula is C23H26F3N5O3. The van der Waals surface area contributed by atoms with Gasteiger partial charge in [0.05, 0.1) is 18.2 Å². The summed E-state index contributed by atoms with van der Waals surface area (Å²) in [6.07, 6.45) is 2.44. The molecular weight excluding hydrogens is 451 g/mol. The maximum absolute atomic E-state index is 12.8. The molecule has 2 heterocycles. The van der Waals surface area contributed by atoms with E-state index >= 15 is 0 Å². The van der Waals surface area contributed by atoms with E-state index in [2.05, 4.69) is 20.5 Å². The van der Waals surface area contributed by atoms with Crippen LogP contribution in [-0.4, -0.2) is 58.0 Å². The van der Waals surface area contributed by atoms with Gasteiger partial charge in [0.25, 0.3) is 5.91 Å². The van der Waals surface area contributed by atoms with E-state index in [-0.39, 0.29) is 35.8 Å². The van der Waals surface area contributed by atoms with Gasteiger partial charge in [0, 0.05) is 43.1 Å². The molecule has 2 N–H and O–H groups in total. The van der Waals surface area contributed by atoms with E-state index in [0.717, 1.165) is 43.9 Å². The molecule has 0 atom stereocenters. The summed E-state index contributed by atoms with van der Waals surface area (Å²) in [4.78, 5) is 42.3. The van der Waals surface area contributed by atoms with Gasteiger partial charge in [0.1, 0.15) is 0 Å². The molecule has 11 heteroatoms. The molecule has 2 aromatic rings. The molecule has 1 aliphatic carbocycles. The Hall–Kier alpha value is -3.21. The van der Waals surface area contributed by atoms with E-state index in [1.165, 1.54) is 12.3 Å². The summed E-state index contributed by atoms with van der Waals surface area (Å²) >= 11 is 0. The van der Waals surface area contributed by atoms with E-state index in [9.17, 15) is 27.6 Å².